The first-order valence-electron chi connectivity index (χ1n) is 9.20. The molecule has 1 aliphatic rings. The number of hydrogen-bond donors (Lipinski definition) is 2. The smallest absolute Gasteiger partial charge is 0.321 e. The number of fused-ring (bicyclic) bond motifs is 1. The summed E-state index contributed by atoms with van der Waals surface area (Å²) in [5, 5.41) is 6.95. The van der Waals surface area contributed by atoms with E-state index < -0.39 is 0 Å². The second-order valence-electron chi connectivity index (χ2n) is 6.65. The molecule has 4 rings (SSSR count). The number of amides is 3. The summed E-state index contributed by atoms with van der Waals surface area (Å²) < 4.78 is 2.09. The van der Waals surface area contributed by atoms with Crippen molar-refractivity contribution >= 4 is 34.2 Å². The molecule has 0 unspecified atom stereocenters. The van der Waals surface area contributed by atoms with Gasteiger partial charge in [0.1, 0.15) is 0 Å². The van der Waals surface area contributed by atoms with Gasteiger partial charge in [-0.15, -0.1) is 0 Å². The van der Waals surface area contributed by atoms with Crippen LogP contribution >= 0.6 is 0 Å². The van der Waals surface area contributed by atoms with Crippen molar-refractivity contribution in [1.82, 2.24) is 9.88 Å². The predicted octanol–water partition coefficient (Wildman–Crippen LogP) is 3.59. The van der Waals surface area contributed by atoms with E-state index in [1.165, 1.54) is 5.39 Å². The van der Waals surface area contributed by atoms with Crippen molar-refractivity contribution in [1.29, 1.82) is 0 Å². The minimum atomic E-state index is -0.0933. The maximum Gasteiger partial charge on any atom is 0.321 e. The highest BCUT2D eigenvalue weighted by Gasteiger charge is 2.19. The van der Waals surface area contributed by atoms with Crippen LogP contribution in [0, 0.1) is 0 Å². The summed E-state index contributed by atoms with van der Waals surface area (Å²) in [6.45, 7) is 2.01. The zero-order valence-electron chi connectivity index (χ0n) is 15.0. The first-order chi connectivity index (χ1) is 13.2. The van der Waals surface area contributed by atoms with Crippen LogP contribution in [0.4, 0.5) is 16.2 Å². The van der Waals surface area contributed by atoms with Crippen LogP contribution in [0.3, 0.4) is 0 Å². The van der Waals surface area contributed by atoms with Crippen molar-refractivity contribution in [2.24, 2.45) is 0 Å². The molecule has 0 aliphatic carbocycles. The molecule has 138 valence electrons. The molecule has 6 heteroatoms. The quantitative estimate of drug-likeness (QED) is 0.728. The molecule has 3 amide bonds. The number of carbonyl (C=O) groups excluding carboxylic acids is 2. The number of anilines is 2. The Hall–Kier alpha value is -3.28. The molecule has 3 aromatic rings. The molecule has 2 heterocycles. The van der Waals surface area contributed by atoms with Gasteiger partial charge in [0.2, 0.25) is 5.91 Å². The van der Waals surface area contributed by atoms with Crippen LogP contribution < -0.4 is 15.5 Å². The number of para-hydroxylation sites is 1. The Bertz CT molecular complexity index is 979. The molecule has 0 saturated carbocycles. The van der Waals surface area contributed by atoms with E-state index in [2.05, 4.69) is 33.4 Å². The third kappa shape index (κ3) is 3.79. The maximum atomic E-state index is 12.4. The number of rotatable bonds is 5. The number of hydrogen-bond acceptors (Lipinski definition) is 2. The number of aryl methyl sites for hydroxylation is 1. The van der Waals surface area contributed by atoms with Crippen molar-refractivity contribution in [3.05, 3.63) is 60.8 Å². The molecule has 1 aromatic heterocycles. The van der Waals surface area contributed by atoms with E-state index in [0.717, 1.165) is 17.6 Å². The van der Waals surface area contributed by atoms with E-state index in [-0.39, 0.29) is 11.9 Å². The Kier molecular flexibility index (Phi) is 4.78. The fourth-order valence-corrected chi connectivity index (χ4v) is 3.41. The topological polar surface area (TPSA) is 66.4 Å². The van der Waals surface area contributed by atoms with Crippen LogP contribution in [0.5, 0.6) is 0 Å². The van der Waals surface area contributed by atoms with Crippen molar-refractivity contribution in [2.45, 2.75) is 19.4 Å². The summed E-state index contributed by atoms with van der Waals surface area (Å²) in [7, 11) is 0. The normalized spacial score (nSPS) is 14.2. The molecule has 6 nitrogen and oxygen atoms in total. The standard InChI is InChI=1S/C21H22N4O2/c26-20(10-14-24-13-9-16-5-1-2-8-19(16)24)23-17-6-3-7-18(15-17)25-12-4-11-22-21(25)27/h1-3,5-9,13,15H,4,10-12,14H2,(H,22,27)(H,23,26). The molecule has 0 radical (unpaired) electrons. The Balaban J connectivity index is 1.39. The first-order valence-corrected chi connectivity index (χ1v) is 9.20. The third-order valence-corrected chi connectivity index (χ3v) is 4.78. The predicted molar refractivity (Wildman–Crippen MR) is 107 cm³/mol. The third-order valence-electron chi connectivity index (χ3n) is 4.78. The number of urea groups is 1. The Morgan fingerprint density at radius 1 is 1.11 bits per heavy atom. The zero-order valence-corrected chi connectivity index (χ0v) is 15.0. The monoisotopic (exact) mass is 362 g/mol. The van der Waals surface area contributed by atoms with Crippen LogP contribution in [0.15, 0.2) is 60.8 Å². The largest absolute Gasteiger partial charge is 0.347 e. The van der Waals surface area contributed by atoms with E-state index in [9.17, 15) is 9.59 Å². The Morgan fingerprint density at radius 3 is 2.89 bits per heavy atom. The lowest BCUT2D eigenvalue weighted by Gasteiger charge is -2.27. The van der Waals surface area contributed by atoms with Gasteiger partial charge in [-0.25, -0.2) is 4.79 Å². The van der Waals surface area contributed by atoms with E-state index in [1.807, 2.05) is 42.6 Å². The lowest BCUT2D eigenvalue weighted by atomic mass is 10.2. The Labute approximate surface area is 157 Å². The van der Waals surface area contributed by atoms with Gasteiger partial charge in [-0.3, -0.25) is 9.69 Å². The van der Waals surface area contributed by atoms with E-state index in [0.29, 0.717) is 31.7 Å². The summed E-state index contributed by atoms with van der Waals surface area (Å²) >= 11 is 0. The molecule has 1 aliphatic heterocycles. The fraction of sp³-hybridized carbons (Fsp3) is 0.238. The minimum Gasteiger partial charge on any atom is -0.347 e. The van der Waals surface area contributed by atoms with Crippen LogP contribution in [-0.4, -0.2) is 29.6 Å². The SMILES string of the molecule is O=C(CCn1ccc2ccccc21)Nc1cccc(N2CCCNC2=O)c1. The molecule has 1 fully saturated rings. The van der Waals surface area contributed by atoms with Gasteiger partial charge in [0, 0.05) is 49.1 Å². The molecule has 1 saturated heterocycles. The highest BCUT2D eigenvalue weighted by Crippen LogP contribution is 2.21. The van der Waals surface area contributed by atoms with Crippen molar-refractivity contribution in [2.75, 3.05) is 23.3 Å². The van der Waals surface area contributed by atoms with Crippen LogP contribution in [0.1, 0.15) is 12.8 Å². The van der Waals surface area contributed by atoms with Crippen LogP contribution in [0.25, 0.3) is 10.9 Å². The second kappa shape index (κ2) is 7.53. The molecule has 2 aromatic carbocycles. The van der Waals surface area contributed by atoms with Gasteiger partial charge >= 0.3 is 6.03 Å². The summed E-state index contributed by atoms with van der Waals surface area (Å²) in [6, 6.07) is 17.5. The van der Waals surface area contributed by atoms with Crippen LogP contribution in [0.2, 0.25) is 0 Å². The molecule has 0 bridgehead atoms. The van der Waals surface area contributed by atoms with Gasteiger partial charge in [0.25, 0.3) is 0 Å². The second-order valence-corrected chi connectivity index (χ2v) is 6.65. The number of benzene rings is 2. The minimum absolute atomic E-state index is 0.0481. The molecular formula is C21H22N4O2. The molecular weight excluding hydrogens is 340 g/mol. The highest BCUT2D eigenvalue weighted by molar-refractivity contribution is 5.95. The van der Waals surface area contributed by atoms with Gasteiger partial charge < -0.3 is 15.2 Å². The number of nitrogens with zero attached hydrogens (tertiary/aromatic N) is 2. The van der Waals surface area contributed by atoms with Crippen molar-refractivity contribution in [3.8, 4) is 0 Å². The van der Waals surface area contributed by atoms with E-state index in [1.54, 1.807) is 4.90 Å². The van der Waals surface area contributed by atoms with Gasteiger partial charge in [0.15, 0.2) is 0 Å². The Morgan fingerprint density at radius 2 is 2.00 bits per heavy atom. The number of carbonyl (C=O) groups is 2. The number of aromatic nitrogens is 1. The molecule has 2 N–H and O–H groups in total. The van der Waals surface area contributed by atoms with Gasteiger partial charge in [-0.1, -0.05) is 24.3 Å². The highest BCUT2D eigenvalue weighted by atomic mass is 16.2. The van der Waals surface area contributed by atoms with Gasteiger partial charge in [-0.05, 0) is 42.1 Å². The zero-order chi connectivity index (χ0) is 18.6. The van der Waals surface area contributed by atoms with Gasteiger partial charge in [0.05, 0.1) is 0 Å². The molecule has 27 heavy (non-hydrogen) atoms. The maximum absolute atomic E-state index is 12.4. The lowest BCUT2D eigenvalue weighted by Crippen LogP contribution is -2.46. The summed E-state index contributed by atoms with van der Waals surface area (Å²) in [4.78, 5) is 26.1. The van der Waals surface area contributed by atoms with Crippen LogP contribution in [-0.2, 0) is 11.3 Å². The van der Waals surface area contributed by atoms with E-state index >= 15 is 0 Å². The average Bonchev–Trinajstić information content (AvgIpc) is 3.10. The summed E-state index contributed by atoms with van der Waals surface area (Å²) in [6.07, 6.45) is 3.30. The molecule has 0 atom stereocenters. The summed E-state index contributed by atoms with van der Waals surface area (Å²) in [5.41, 5.74) is 2.62. The van der Waals surface area contributed by atoms with E-state index in [4.69, 9.17) is 0 Å². The molecule has 0 spiro atoms. The summed E-state index contributed by atoms with van der Waals surface area (Å²) in [5.74, 6) is -0.0481. The van der Waals surface area contributed by atoms with Crippen molar-refractivity contribution < 1.29 is 9.59 Å². The lowest BCUT2D eigenvalue weighted by molar-refractivity contribution is -0.116. The van der Waals surface area contributed by atoms with Crippen molar-refractivity contribution in [3.63, 3.8) is 0 Å². The van der Waals surface area contributed by atoms with Gasteiger partial charge in [-0.2, -0.15) is 0 Å². The fourth-order valence-electron chi connectivity index (χ4n) is 3.41. The number of nitrogens with one attached hydrogen (secondary N) is 2. The average molecular weight is 362 g/mol. The first kappa shape index (κ1) is 17.1.